The van der Waals surface area contributed by atoms with Gasteiger partial charge in [-0.3, -0.25) is 9.78 Å². The monoisotopic (exact) mass is 398 g/mol. The van der Waals surface area contributed by atoms with Crippen molar-refractivity contribution in [1.82, 2.24) is 19.9 Å². The number of carbonyl (C=O) groups excluding carboxylic acids is 1. The molecule has 0 aliphatic heterocycles. The van der Waals surface area contributed by atoms with Crippen molar-refractivity contribution in [2.75, 3.05) is 0 Å². The summed E-state index contributed by atoms with van der Waals surface area (Å²) in [6.45, 7) is 2.90. The van der Waals surface area contributed by atoms with Gasteiger partial charge in [0.15, 0.2) is 0 Å². The highest BCUT2D eigenvalue weighted by Crippen LogP contribution is 2.25. The first kappa shape index (κ1) is 20.0. The van der Waals surface area contributed by atoms with Crippen LogP contribution in [-0.2, 0) is 17.9 Å². The Balaban J connectivity index is 1.63. The Morgan fingerprint density at radius 1 is 1.10 bits per heavy atom. The first-order chi connectivity index (χ1) is 14.7. The van der Waals surface area contributed by atoms with Crippen molar-refractivity contribution < 1.29 is 4.79 Å². The van der Waals surface area contributed by atoms with Crippen LogP contribution >= 0.6 is 0 Å². The summed E-state index contributed by atoms with van der Waals surface area (Å²) in [7, 11) is 0. The molecule has 1 amide bonds. The molecule has 0 spiro atoms. The Morgan fingerprint density at radius 3 is 2.63 bits per heavy atom. The van der Waals surface area contributed by atoms with Gasteiger partial charge in [-0.2, -0.15) is 0 Å². The molecule has 152 valence electrons. The van der Waals surface area contributed by atoms with Gasteiger partial charge in [0.05, 0.1) is 12.2 Å². The maximum absolute atomic E-state index is 13.3. The van der Waals surface area contributed by atoms with Crippen LogP contribution in [0.1, 0.15) is 36.3 Å². The molecule has 0 saturated carbocycles. The number of pyridine rings is 1. The third kappa shape index (κ3) is 4.98. The van der Waals surface area contributed by atoms with Gasteiger partial charge in [0.2, 0.25) is 5.91 Å². The number of amides is 1. The lowest BCUT2D eigenvalue weighted by Gasteiger charge is -2.25. The van der Waals surface area contributed by atoms with E-state index in [9.17, 15) is 4.79 Å². The van der Waals surface area contributed by atoms with Gasteiger partial charge in [-0.05, 0) is 48.9 Å². The van der Waals surface area contributed by atoms with E-state index in [1.54, 1.807) is 12.4 Å². The minimum Gasteiger partial charge on any atom is -0.332 e. The van der Waals surface area contributed by atoms with E-state index < -0.39 is 0 Å². The van der Waals surface area contributed by atoms with Crippen LogP contribution in [0.5, 0.6) is 0 Å². The minimum absolute atomic E-state index is 0.160. The SMILES string of the molecule is Cc1ncc(-c2ccncc2)c(CN(Cc2ccccc2)C(=O)CC2C=CCC2)n1. The topological polar surface area (TPSA) is 59.0 Å². The fraction of sp³-hybridized carbons (Fsp3) is 0.280. The summed E-state index contributed by atoms with van der Waals surface area (Å²) in [6.07, 6.45) is 12.4. The van der Waals surface area contributed by atoms with Crippen molar-refractivity contribution in [3.63, 3.8) is 0 Å². The molecule has 3 aromatic rings. The molecule has 1 aromatic carbocycles. The summed E-state index contributed by atoms with van der Waals surface area (Å²) in [5, 5.41) is 0. The van der Waals surface area contributed by atoms with E-state index in [1.807, 2.05) is 48.4 Å². The Hall–Kier alpha value is -3.34. The molecular weight excluding hydrogens is 372 g/mol. The fourth-order valence-corrected chi connectivity index (χ4v) is 3.85. The molecule has 1 aliphatic rings. The molecule has 2 heterocycles. The van der Waals surface area contributed by atoms with Crippen LogP contribution in [0.3, 0.4) is 0 Å². The highest BCUT2D eigenvalue weighted by Gasteiger charge is 2.22. The van der Waals surface area contributed by atoms with Crippen LogP contribution in [0.15, 0.2) is 73.2 Å². The molecule has 5 nitrogen and oxygen atoms in total. The summed E-state index contributed by atoms with van der Waals surface area (Å²) >= 11 is 0. The van der Waals surface area contributed by atoms with Crippen LogP contribution < -0.4 is 0 Å². The largest absolute Gasteiger partial charge is 0.332 e. The van der Waals surface area contributed by atoms with Crippen molar-refractivity contribution in [1.29, 1.82) is 0 Å². The van der Waals surface area contributed by atoms with Gasteiger partial charge < -0.3 is 4.90 Å². The molecule has 0 bridgehead atoms. The lowest BCUT2D eigenvalue weighted by atomic mass is 10.0. The van der Waals surface area contributed by atoms with Crippen LogP contribution in [0.4, 0.5) is 0 Å². The number of hydrogen-bond donors (Lipinski definition) is 0. The molecular formula is C25H26N4O. The zero-order chi connectivity index (χ0) is 20.8. The van der Waals surface area contributed by atoms with Crippen molar-refractivity contribution >= 4 is 5.91 Å². The molecule has 0 N–H and O–H groups in total. The Morgan fingerprint density at radius 2 is 1.90 bits per heavy atom. The van der Waals surface area contributed by atoms with Crippen molar-refractivity contribution in [3.05, 3.63) is 90.3 Å². The molecule has 0 radical (unpaired) electrons. The summed E-state index contributed by atoms with van der Waals surface area (Å²) in [4.78, 5) is 28.4. The second-order valence-corrected chi connectivity index (χ2v) is 7.72. The predicted molar refractivity (Wildman–Crippen MR) is 117 cm³/mol. The molecule has 4 rings (SSSR count). The average molecular weight is 399 g/mol. The normalized spacial score (nSPS) is 15.3. The minimum atomic E-state index is 0.160. The van der Waals surface area contributed by atoms with Crippen LogP contribution in [-0.4, -0.2) is 25.8 Å². The smallest absolute Gasteiger partial charge is 0.223 e. The summed E-state index contributed by atoms with van der Waals surface area (Å²) in [5.41, 5.74) is 3.92. The standard InChI is InChI=1S/C25H26N4O/c1-19-27-16-23(22-11-13-26-14-12-22)24(28-19)18-29(17-21-9-3-2-4-10-21)25(30)15-20-7-5-6-8-20/h2-5,7,9-14,16,20H,6,8,15,17-18H2,1H3. The Bertz CT molecular complexity index is 1020. The fourth-order valence-electron chi connectivity index (χ4n) is 3.85. The van der Waals surface area contributed by atoms with Crippen molar-refractivity contribution in [3.8, 4) is 11.1 Å². The maximum atomic E-state index is 13.3. The number of aryl methyl sites for hydroxylation is 1. The molecule has 30 heavy (non-hydrogen) atoms. The van der Waals surface area contributed by atoms with E-state index in [1.165, 1.54) is 0 Å². The van der Waals surface area contributed by atoms with Crippen LogP contribution in [0, 0.1) is 12.8 Å². The van der Waals surface area contributed by atoms with Crippen molar-refractivity contribution in [2.45, 2.75) is 39.3 Å². The first-order valence-electron chi connectivity index (χ1n) is 10.4. The number of nitrogens with zero attached hydrogens (tertiary/aromatic N) is 4. The lowest BCUT2D eigenvalue weighted by molar-refractivity contribution is -0.133. The summed E-state index contributed by atoms with van der Waals surface area (Å²) < 4.78 is 0. The maximum Gasteiger partial charge on any atom is 0.223 e. The molecule has 0 saturated heterocycles. The lowest BCUT2D eigenvalue weighted by Crippen LogP contribution is -2.31. The zero-order valence-electron chi connectivity index (χ0n) is 17.2. The molecule has 5 heteroatoms. The third-order valence-corrected chi connectivity index (χ3v) is 5.44. The van der Waals surface area contributed by atoms with E-state index >= 15 is 0 Å². The van der Waals surface area contributed by atoms with Crippen LogP contribution in [0.2, 0.25) is 0 Å². The summed E-state index contributed by atoms with van der Waals surface area (Å²) in [6, 6.07) is 14.0. The van der Waals surface area contributed by atoms with Gasteiger partial charge in [-0.1, -0.05) is 42.5 Å². The van der Waals surface area contributed by atoms with Crippen LogP contribution in [0.25, 0.3) is 11.1 Å². The number of rotatable bonds is 7. The number of carbonyl (C=O) groups is 1. The third-order valence-electron chi connectivity index (χ3n) is 5.44. The second-order valence-electron chi connectivity index (χ2n) is 7.72. The quantitative estimate of drug-likeness (QED) is 0.540. The molecule has 2 aromatic heterocycles. The first-order valence-corrected chi connectivity index (χ1v) is 10.4. The van der Waals surface area contributed by atoms with Crippen molar-refractivity contribution in [2.24, 2.45) is 5.92 Å². The van der Waals surface area contributed by atoms with E-state index in [0.717, 1.165) is 35.2 Å². The number of hydrogen-bond acceptors (Lipinski definition) is 4. The second kappa shape index (κ2) is 9.44. The molecule has 1 unspecified atom stereocenters. The molecule has 1 aliphatic carbocycles. The van der Waals surface area contributed by atoms with Gasteiger partial charge >= 0.3 is 0 Å². The average Bonchev–Trinajstić information content (AvgIpc) is 3.28. The number of allylic oxidation sites excluding steroid dienone is 2. The van der Waals surface area contributed by atoms with E-state index in [4.69, 9.17) is 4.98 Å². The molecule has 1 atom stereocenters. The van der Waals surface area contributed by atoms with E-state index in [-0.39, 0.29) is 5.91 Å². The highest BCUT2D eigenvalue weighted by molar-refractivity contribution is 5.77. The summed E-state index contributed by atoms with van der Waals surface area (Å²) in [5.74, 6) is 1.20. The van der Waals surface area contributed by atoms with Gasteiger partial charge in [0.1, 0.15) is 5.82 Å². The Labute approximate surface area is 177 Å². The number of benzene rings is 1. The van der Waals surface area contributed by atoms with Gasteiger partial charge in [0, 0.05) is 37.1 Å². The number of aromatic nitrogens is 3. The van der Waals surface area contributed by atoms with E-state index in [0.29, 0.717) is 31.3 Å². The zero-order valence-corrected chi connectivity index (χ0v) is 17.2. The van der Waals surface area contributed by atoms with Gasteiger partial charge in [-0.15, -0.1) is 0 Å². The van der Waals surface area contributed by atoms with Gasteiger partial charge in [0.25, 0.3) is 0 Å². The predicted octanol–water partition coefficient (Wildman–Crippen LogP) is 4.73. The highest BCUT2D eigenvalue weighted by atomic mass is 16.2. The Kier molecular flexibility index (Phi) is 6.28. The van der Waals surface area contributed by atoms with E-state index in [2.05, 4.69) is 34.3 Å². The molecule has 0 fully saturated rings. The van der Waals surface area contributed by atoms with Gasteiger partial charge in [-0.25, -0.2) is 9.97 Å².